The number of aromatic nitrogens is 2. The van der Waals surface area contributed by atoms with Gasteiger partial charge in [-0.2, -0.15) is 5.10 Å². The smallest absolute Gasteiger partial charge is 0.0819 e. The number of nitrogens with zero attached hydrogens (tertiary/aromatic N) is 2. The lowest BCUT2D eigenvalue weighted by molar-refractivity contribution is 0.844. The summed E-state index contributed by atoms with van der Waals surface area (Å²) in [6.07, 6.45) is 1.99. The molecule has 2 aromatic carbocycles. The summed E-state index contributed by atoms with van der Waals surface area (Å²) >= 11 is 3.55. The van der Waals surface area contributed by atoms with Gasteiger partial charge in [-0.15, -0.1) is 0 Å². The van der Waals surface area contributed by atoms with E-state index in [1.807, 2.05) is 59.4 Å². The standard InChI is InChI=1S/C17H16BrN3/c1-13-16(18)8-5-9-17(13)19-12-14-10-11-21(20-14)15-6-3-2-4-7-15/h2-11,19H,12H2,1H3. The van der Waals surface area contributed by atoms with Crippen LogP contribution in [0.5, 0.6) is 0 Å². The van der Waals surface area contributed by atoms with Crippen molar-refractivity contribution in [1.82, 2.24) is 9.78 Å². The number of hydrogen-bond acceptors (Lipinski definition) is 2. The van der Waals surface area contributed by atoms with Crippen LogP contribution in [0.3, 0.4) is 0 Å². The third-order valence-corrected chi connectivity index (χ3v) is 4.25. The lowest BCUT2D eigenvalue weighted by Crippen LogP contribution is -2.03. The van der Waals surface area contributed by atoms with E-state index in [2.05, 4.69) is 39.3 Å². The van der Waals surface area contributed by atoms with Gasteiger partial charge in [0.1, 0.15) is 0 Å². The number of nitrogens with one attached hydrogen (secondary N) is 1. The van der Waals surface area contributed by atoms with Gasteiger partial charge in [-0.25, -0.2) is 4.68 Å². The van der Waals surface area contributed by atoms with Gasteiger partial charge in [-0.05, 0) is 42.8 Å². The van der Waals surface area contributed by atoms with E-state index in [-0.39, 0.29) is 0 Å². The maximum absolute atomic E-state index is 4.59. The molecule has 1 heterocycles. The molecule has 1 N–H and O–H groups in total. The fourth-order valence-corrected chi connectivity index (χ4v) is 2.53. The van der Waals surface area contributed by atoms with Crippen molar-refractivity contribution in [1.29, 1.82) is 0 Å². The van der Waals surface area contributed by atoms with Crippen molar-refractivity contribution < 1.29 is 0 Å². The minimum Gasteiger partial charge on any atom is -0.379 e. The molecule has 0 saturated carbocycles. The van der Waals surface area contributed by atoms with E-state index in [1.54, 1.807) is 0 Å². The van der Waals surface area contributed by atoms with Crippen LogP contribution in [0.2, 0.25) is 0 Å². The maximum Gasteiger partial charge on any atom is 0.0819 e. The van der Waals surface area contributed by atoms with E-state index in [0.717, 1.165) is 21.5 Å². The fraction of sp³-hybridized carbons (Fsp3) is 0.118. The fourth-order valence-electron chi connectivity index (χ4n) is 2.17. The zero-order chi connectivity index (χ0) is 14.7. The SMILES string of the molecule is Cc1c(Br)cccc1NCc1ccn(-c2ccccc2)n1. The van der Waals surface area contributed by atoms with Gasteiger partial charge >= 0.3 is 0 Å². The first kappa shape index (κ1) is 13.9. The van der Waals surface area contributed by atoms with Crippen LogP contribution in [-0.2, 0) is 6.54 Å². The Morgan fingerprint density at radius 2 is 1.86 bits per heavy atom. The summed E-state index contributed by atoms with van der Waals surface area (Å²) in [7, 11) is 0. The van der Waals surface area contributed by atoms with Gasteiger partial charge in [-0.1, -0.05) is 40.2 Å². The lowest BCUT2D eigenvalue weighted by atomic mass is 10.2. The highest BCUT2D eigenvalue weighted by Gasteiger charge is 2.04. The largest absolute Gasteiger partial charge is 0.379 e. The first-order valence-corrected chi connectivity index (χ1v) is 7.62. The number of anilines is 1. The van der Waals surface area contributed by atoms with Crippen LogP contribution in [0.4, 0.5) is 5.69 Å². The molecule has 0 spiro atoms. The van der Waals surface area contributed by atoms with Crippen LogP contribution in [0.25, 0.3) is 5.69 Å². The Hall–Kier alpha value is -2.07. The van der Waals surface area contributed by atoms with Gasteiger partial charge in [0.05, 0.1) is 17.9 Å². The van der Waals surface area contributed by atoms with Crippen LogP contribution in [0.15, 0.2) is 65.3 Å². The second-order valence-electron chi connectivity index (χ2n) is 4.85. The highest BCUT2D eigenvalue weighted by Crippen LogP contribution is 2.23. The Kier molecular flexibility index (Phi) is 4.06. The molecule has 0 aliphatic heterocycles. The molecule has 0 atom stereocenters. The number of benzene rings is 2. The van der Waals surface area contributed by atoms with Crippen molar-refractivity contribution in [3.8, 4) is 5.69 Å². The van der Waals surface area contributed by atoms with Crippen molar-refractivity contribution in [3.05, 3.63) is 76.5 Å². The Morgan fingerprint density at radius 3 is 2.67 bits per heavy atom. The molecule has 21 heavy (non-hydrogen) atoms. The van der Waals surface area contributed by atoms with Crippen molar-refractivity contribution in [2.24, 2.45) is 0 Å². The number of para-hydroxylation sites is 1. The van der Waals surface area contributed by atoms with Crippen LogP contribution in [-0.4, -0.2) is 9.78 Å². The molecule has 0 amide bonds. The molecule has 0 aliphatic carbocycles. The normalized spacial score (nSPS) is 10.6. The molecule has 0 aliphatic rings. The predicted molar refractivity (Wildman–Crippen MR) is 89.8 cm³/mol. The van der Waals surface area contributed by atoms with Gasteiger partial charge in [-0.3, -0.25) is 0 Å². The summed E-state index contributed by atoms with van der Waals surface area (Å²) in [6, 6.07) is 18.3. The summed E-state index contributed by atoms with van der Waals surface area (Å²) in [5, 5.41) is 8.02. The van der Waals surface area contributed by atoms with E-state index >= 15 is 0 Å². The molecular weight excluding hydrogens is 326 g/mol. The highest BCUT2D eigenvalue weighted by atomic mass is 79.9. The number of rotatable bonds is 4. The Morgan fingerprint density at radius 1 is 1.05 bits per heavy atom. The first-order chi connectivity index (χ1) is 10.2. The Labute approximate surface area is 132 Å². The van der Waals surface area contributed by atoms with E-state index in [9.17, 15) is 0 Å². The summed E-state index contributed by atoms with van der Waals surface area (Å²) in [4.78, 5) is 0. The summed E-state index contributed by atoms with van der Waals surface area (Å²) in [6.45, 7) is 2.80. The monoisotopic (exact) mass is 341 g/mol. The summed E-state index contributed by atoms with van der Waals surface area (Å²) in [5.74, 6) is 0. The van der Waals surface area contributed by atoms with Gasteiger partial charge in [0.25, 0.3) is 0 Å². The van der Waals surface area contributed by atoms with Crippen LogP contribution >= 0.6 is 15.9 Å². The van der Waals surface area contributed by atoms with Crippen LogP contribution in [0, 0.1) is 6.92 Å². The molecule has 4 heteroatoms. The predicted octanol–water partition coefficient (Wildman–Crippen LogP) is 4.56. The van der Waals surface area contributed by atoms with Gasteiger partial charge in [0, 0.05) is 16.4 Å². The molecule has 1 aromatic heterocycles. The molecule has 0 radical (unpaired) electrons. The summed E-state index contributed by atoms with van der Waals surface area (Å²) in [5.41, 5.74) is 4.42. The third-order valence-electron chi connectivity index (χ3n) is 3.39. The first-order valence-electron chi connectivity index (χ1n) is 6.83. The zero-order valence-corrected chi connectivity index (χ0v) is 13.3. The highest BCUT2D eigenvalue weighted by molar-refractivity contribution is 9.10. The van der Waals surface area contributed by atoms with Crippen LogP contribution < -0.4 is 5.32 Å². The van der Waals surface area contributed by atoms with Gasteiger partial charge in [0.15, 0.2) is 0 Å². The maximum atomic E-state index is 4.59. The minimum absolute atomic E-state index is 0.705. The number of halogens is 1. The van der Waals surface area contributed by atoms with Crippen LogP contribution in [0.1, 0.15) is 11.3 Å². The molecular formula is C17H16BrN3. The molecule has 0 bridgehead atoms. The van der Waals surface area contributed by atoms with E-state index in [1.165, 1.54) is 5.56 Å². The van der Waals surface area contributed by atoms with Gasteiger partial charge < -0.3 is 5.32 Å². The van der Waals surface area contributed by atoms with Crippen molar-refractivity contribution in [2.45, 2.75) is 13.5 Å². The molecule has 3 aromatic rings. The lowest BCUT2D eigenvalue weighted by Gasteiger charge is -2.09. The van der Waals surface area contributed by atoms with Gasteiger partial charge in [0.2, 0.25) is 0 Å². The molecule has 0 unspecified atom stereocenters. The minimum atomic E-state index is 0.705. The molecule has 106 valence electrons. The second kappa shape index (κ2) is 6.14. The van der Waals surface area contributed by atoms with Crippen molar-refractivity contribution in [3.63, 3.8) is 0 Å². The van der Waals surface area contributed by atoms with Crippen molar-refractivity contribution in [2.75, 3.05) is 5.32 Å². The molecule has 0 fully saturated rings. The molecule has 3 rings (SSSR count). The van der Waals surface area contributed by atoms with E-state index in [0.29, 0.717) is 6.54 Å². The average molecular weight is 342 g/mol. The second-order valence-corrected chi connectivity index (χ2v) is 5.71. The van der Waals surface area contributed by atoms with Crippen molar-refractivity contribution >= 4 is 21.6 Å². The molecule has 0 saturated heterocycles. The van der Waals surface area contributed by atoms with E-state index < -0.39 is 0 Å². The zero-order valence-electron chi connectivity index (χ0n) is 11.8. The molecule has 3 nitrogen and oxygen atoms in total. The Bertz CT molecular complexity index is 735. The van der Waals surface area contributed by atoms with E-state index in [4.69, 9.17) is 0 Å². The summed E-state index contributed by atoms with van der Waals surface area (Å²) < 4.78 is 3.01. The quantitative estimate of drug-likeness (QED) is 0.754. The third kappa shape index (κ3) is 3.16. The number of hydrogen-bond donors (Lipinski definition) is 1. The average Bonchev–Trinajstić information content (AvgIpc) is 2.99. The topological polar surface area (TPSA) is 29.9 Å². The Balaban J connectivity index is 1.72.